The maximum atomic E-state index is 12.3. The third-order valence-electron chi connectivity index (χ3n) is 4.55. The number of nitrogens with one attached hydrogen (secondary N) is 1. The van der Waals surface area contributed by atoms with Gasteiger partial charge in [0.15, 0.2) is 6.61 Å². The lowest BCUT2D eigenvalue weighted by Gasteiger charge is -2.16. The summed E-state index contributed by atoms with van der Waals surface area (Å²) in [6, 6.07) is 17.3. The number of para-hydroxylation sites is 3. The molecule has 1 heterocycles. The van der Waals surface area contributed by atoms with Gasteiger partial charge in [-0.25, -0.2) is 4.98 Å². The predicted octanol–water partition coefficient (Wildman–Crippen LogP) is 4.48. The lowest BCUT2D eigenvalue weighted by molar-refractivity contribution is -0.123. The molecule has 0 fully saturated rings. The molecule has 0 aliphatic carbocycles. The summed E-state index contributed by atoms with van der Waals surface area (Å²) in [6.07, 6.45) is 3.45. The Kier molecular flexibility index (Phi) is 6.47. The van der Waals surface area contributed by atoms with Crippen molar-refractivity contribution in [3.63, 3.8) is 0 Å². The molecule has 3 aromatic rings. The number of hydrogen-bond donors (Lipinski definition) is 1. The molecule has 5 nitrogen and oxygen atoms in total. The molecular formula is C22H27N3O2. The molecule has 1 atom stereocenters. The van der Waals surface area contributed by atoms with Gasteiger partial charge < -0.3 is 14.6 Å². The monoisotopic (exact) mass is 365 g/mol. The lowest BCUT2D eigenvalue weighted by Crippen LogP contribution is -2.32. The van der Waals surface area contributed by atoms with Crippen molar-refractivity contribution in [3.8, 4) is 5.75 Å². The highest BCUT2D eigenvalue weighted by Gasteiger charge is 2.18. The van der Waals surface area contributed by atoms with Crippen molar-refractivity contribution < 1.29 is 9.53 Å². The summed E-state index contributed by atoms with van der Waals surface area (Å²) in [6.45, 7) is 5.06. The summed E-state index contributed by atoms with van der Waals surface area (Å²) >= 11 is 0. The summed E-state index contributed by atoms with van der Waals surface area (Å²) in [4.78, 5) is 17.1. The van der Waals surface area contributed by atoms with E-state index in [9.17, 15) is 4.79 Å². The number of unbranched alkanes of at least 4 members (excludes halogenated alkanes) is 2. The minimum absolute atomic E-state index is 0.00951. The van der Waals surface area contributed by atoms with Crippen LogP contribution in [-0.2, 0) is 11.3 Å². The fourth-order valence-electron chi connectivity index (χ4n) is 3.19. The highest BCUT2D eigenvalue weighted by atomic mass is 16.5. The molecule has 0 aliphatic rings. The number of carbonyl (C=O) groups is 1. The molecule has 0 radical (unpaired) electrons. The van der Waals surface area contributed by atoms with E-state index in [-0.39, 0.29) is 18.6 Å². The molecule has 142 valence electrons. The zero-order chi connectivity index (χ0) is 19.1. The van der Waals surface area contributed by atoms with E-state index in [1.807, 2.05) is 55.5 Å². The zero-order valence-corrected chi connectivity index (χ0v) is 16.0. The lowest BCUT2D eigenvalue weighted by atomic mass is 10.2. The average molecular weight is 365 g/mol. The smallest absolute Gasteiger partial charge is 0.258 e. The van der Waals surface area contributed by atoms with Crippen LogP contribution in [0.4, 0.5) is 0 Å². The van der Waals surface area contributed by atoms with Crippen LogP contribution in [0.25, 0.3) is 11.0 Å². The van der Waals surface area contributed by atoms with Gasteiger partial charge in [-0.3, -0.25) is 4.79 Å². The number of fused-ring (bicyclic) bond motifs is 1. The number of hydrogen-bond acceptors (Lipinski definition) is 3. The van der Waals surface area contributed by atoms with Crippen LogP contribution in [0.2, 0.25) is 0 Å². The van der Waals surface area contributed by atoms with Gasteiger partial charge in [0.2, 0.25) is 0 Å². The second kappa shape index (κ2) is 9.21. The molecule has 0 saturated carbocycles. The molecule has 1 aromatic heterocycles. The van der Waals surface area contributed by atoms with E-state index in [1.165, 1.54) is 12.8 Å². The molecule has 0 saturated heterocycles. The van der Waals surface area contributed by atoms with Gasteiger partial charge in [-0.15, -0.1) is 0 Å². The number of imidazole rings is 1. The van der Waals surface area contributed by atoms with E-state index in [1.54, 1.807) is 0 Å². The first-order valence-electron chi connectivity index (χ1n) is 9.61. The van der Waals surface area contributed by atoms with E-state index < -0.39 is 0 Å². The van der Waals surface area contributed by atoms with Crippen LogP contribution < -0.4 is 10.1 Å². The zero-order valence-electron chi connectivity index (χ0n) is 16.0. The highest BCUT2D eigenvalue weighted by molar-refractivity contribution is 5.79. The number of amides is 1. The third-order valence-corrected chi connectivity index (χ3v) is 4.55. The van der Waals surface area contributed by atoms with Crippen LogP contribution in [0.5, 0.6) is 5.75 Å². The van der Waals surface area contributed by atoms with Crippen molar-refractivity contribution in [1.29, 1.82) is 0 Å². The van der Waals surface area contributed by atoms with Gasteiger partial charge in [0.05, 0.1) is 17.1 Å². The van der Waals surface area contributed by atoms with E-state index in [0.717, 1.165) is 29.8 Å². The number of aromatic nitrogens is 2. The van der Waals surface area contributed by atoms with E-state index in [2.05, 4.69) is 22.9 Å². The van der Waals surface area contributed by atoms with Gasteiger partial charge in [0.25, 0.3) is 5.91 Å². The minimum Gasteiger partial charge on any atom is -0.484 e. The average Bonchev–Trinajstić information content (AvgIpc) is 3.06. The Bertz CT molecular complexity index is 874. The Hall–Kier alpha value is -2.82. The van der Waals surface area contributed by atoms with Crippen molar-refractivity contribution in [3.05, 3.63) is 60.4 Å². The Morgan fingerprint density at radius 2 is 1.85 bits per heavy atom. The molecule has 1 unspecified atom stereocenters. The van der Waals surface area contributed by atoms with E-state index >= 15 is 0 Å². The molecule has 1 amide bonds. The summed E-state index contributed by atoms with van der Waals surface area (Å²) in [5.41, 5.74) is 2.08. The highest BCUT2D eigenvalue weighted by Crippen LogP contribution is 2.21. The molecule has 0 aliphatic heterocycles. The van der Waals surface area contributed by atoms with Crippen LogP contribution >= 0.6 is 0 Å². The van der Waals surface area contributed by atoms with Crippen LogP contribution in [0.1, 0.15) is 45.0 Å². The minimum atomic E-state index is -0.189. The summed E-state index contributed by atoms with van der Waals surface area (Å²) < 4.78 is 7.76. The molecule has 2 aromatic carbocycles. The molecule has 0 spiro atoms. The van der Waals surface area contributed by atoms with Crippen molar-refractivity contribution in [2.45, 2.75) is 45.7 Å². The standard InChI is InChI=1S/C22H27N3O2/c1-3-4-10-15-25-20-14-9-8-13-19(20)24-22(25)17(2)23-21(26)16-27-18-11-6-5-7-12-18/h5-9,11-14,17H,3-4,10,15-16H2,1-2H3,(H,23,26). The van der Waals surface area contributed by atoms with Gasteiger partial charge in [0, 0.05) is 6.54 Å². The second-order valence-electron chi connectivity index (χ2n) is 6.71. The number of rotatable bonds is 9. The van der Waals surface area contributed by atoms with E-state index in [4.69, 9.17) is 9.72 Å². The topological polar surface area (TPSA) is 56.2 Å². The van der Waals surface area contributed by atoms with Crippen LogP contribution in [0.15, 0.2) is 54.6 Å². The van der Waals surface area contributed by atoms with Gasteiger partial charge in [-0.2, -0.15) is 0 Å². The maximum Gasteiger partial charge on any atom is 0.258 e. The quantitative estimate of drug-likeness (QED) is 0.569. The first-order valence-corrected chi connectivity index (χ1v) is 9.61. The number of aryl methyl sites for hydroxylation is 1. The fraction of sp³-hybridized carbons (Fsp3) is 0.364. The van der Waals surface area contributed by atoms with E-state index in [0.29, 0.717) is 5.75 Å². The summed E-state index contributed by atoms with van der Waals surface area (Å²) in [5, 5.41) is 3.01. The third kappa shape index (κ3) is 4.88. The molecular weight excluding hydrogens is 338 g/mol. The van der Waals surface area contributed by atoms with Crippen LogP contribution in [0.3, 0.4) is 0 Å². The number of nitrogens with zero attached hydrogens (tertiary/aromatic N) is 2. The Morgan fingerprint density at radius 3 is 2.63 bits per heavy atom. The number of benzene rings is 2. The number of carbonyl (C=O) groups excluding carboxylic acids is 1. The Morgan fingerprint density at radius 1 is 1.11 bits per heavy atom. The normalized spacial score (nSPS) is 12.1. The van der Waals surface area contributed by atoms with Gasteiger partial charge in [0.1, 0.15) is 11.6 Å². The summed E-state index contributed by atoms with van der Waals surface area (Å²) in [7, 11) is 0. The van der Waals surface area contributed by atoms with Gasteiger partial charge in [-0.05, 0) is 37.6 Å². The predicted molar refractivity (Wildman–Crippen MR) is 108 cm³/mol. The molecule has 27 heavy (non-hydrogen) atoms. The Labute approximate surface area is 160 Å². The largest absolute Gasteiger partial charge is 0.484 e. The molecule has 3 rings (SSSR count). The fourth-order valence-corrected chi connectivity index (χ4v) is 3.19. The van der Waals surface area contributed by atoms with Crippen molar-refractivity contribution >= 4 is 16.9 Å². The van der Waals surface area contributed by atoms with Crippen LogP contribution in [0, 0.1) is 0 Å². The van der Waals surface area contributed by atoms with Crippen molar-refractivity contribution in [2.75, 3.05) is 6.61 Å². The van der Waals surface area contributed by atoms with Crippen molar-refractivity contribution in [1.82, 2.24) is 14.9 Å². The van der Waals surface area contributed by atoms with Gasteiger partial charge in [-0.1, -0.05) is 50.1 Å². The first kappa shape index (κ1) is 19.0. The number of ether oxygens (including phenoxy) is 1. The maximum absolute atomic E-state index is 12.3. The Balaban J connectivity index is 1.69. The second-order valence-corrected chi connectivity index (χ2v) is 6.71. The SMILES string of the molecule is CCCCCn1c(C(C)NC(=O)COc2ccccc2)nc2ccccc21. The first-order chi connectivity index (χ1) is 13.2. The molecule has 1 N–H and O–H groups in total. The van der Waals surface area contributed by atoms with Gasteiger partial charge >= 0.3 is 0 Å². The summed E-state index contributed by atoms with van der Waals surface area (Å²) in [5.74, 6) is 1.42. The van der Waals surface area contributed by atoms with Crippen LogP contribution in [-0.4, -0.2) is 22.1 Å². The molecule has 5 heteroatoms. The molecule has 0 bridgehead atoms. The van der Waals surface area contributed by atoms with Crippen molar-refractivity contribution in [2.24, 2.45) is 0 Å².